The largest absolute Gasteiger partial charge is 0.403 e. The molecule has 0 spiro atoms. The van der Waals surface area contributed by atoms with Crippen LogP contribution in [0.1, 0.15) is 20.8 Å². The molecule has 0 aromatic rings. The van der Waals surface area contributed by atoms with E-state index in [9.17, 15) is 0 Å². The van der Waals surface area contributed by atoms with Gasteiger partial charge in [-0.2, -0.15) is 0 Å². The van der Waals surface area contributed by atoms with E-state index in [1.165, 1.54) is 6.20 Å². The fourth-order valence-corrected chi connectivity index (χ4v) is 1.41. The van der Waals surface area contributed by atoms with Crippen LogP contribution in [-0.4, -0.2) is 18.6 Å². The quantitative estimate of drug-likeness (QED) is 0.183. The number of aliphatic imine (C=N–C) groups is 1. The van der Waals surface area contributed by atoms with Gasteiger partial charge in [0.05, 0.1) is 17.3 Å². The van der Waals surface area contributed by atoms with Gasteiger partial charge in [-0.3, -0.25) is 0 Å². The van der Waals surface area contributed by atoms with Crippen LogP contribution in [0, 0.1) is 5.92 Å². The summed E-state index contributed by atoms with van der Waals surface area (Å²) in [5, 5.41) is 7.05. The van der Waals surface area contributed by atoms with Gasteiger partial charge in [-0.25, -0.2) is 4.99 Å². The van der Waals surface area contributed by atoms with E-state index in [4.69, 9.17) is 5.73 Å². The highest BCUT2D eigenvalue weighted by atomic mass is 32.1. The first kappa shape index (κ1) is 18.4. The predicted molar refractivity (Wildman–Crippen MR) is 92.6 cm³/mol. The Morgan fingerprint density at radius 2 is 2.10 bits per heavy atom. The Kier molecular flexibility index (Phi) is 9.38. The fraction of sp³-hybridized carbons (Fsp3) is 0.400. The Labute approximate surface area is 128 Å². The molecule has 4 N–H and O–H groups in total. The first-order valence-electron chi connectivity index (χ1n) is 6.52. The number of hydrogen-bond acceptors (Lipinski definition) is 4. The molecule has 0 aliphatic carbocycles. The normalized spacial score (nSPS) is 15.8. The first-order valence-corrected chi connectivity index (χ1v) is 6.97. The van der Waals surface area contributed by atoms with Crippen LogP contribution < -0.4 is 16.4 Å². The SMILES string of the molecule is C=CC(C)/C=C\C(=C/N)NCC(/N=C(\C)S)=C(\C)NC. The van der Waals surface area contributed by atoms with E-state index in [2.05, 4.69) is 41.8 Å². The van der Waals surface area contributed by atoms with Gasteiger partial charge in [-0.15, -0.1) is 19.2 Å². The maximum absolute atomic E-state index is 5.61. The number of thiol groups is 1. The van der Waals surface area contributed by atoms with E-state index in [1.54, 1.807) is 0 Å². The molecule has 0 aromatic heterocycles. The summed E-state index contributed by atoms with van der Waals surface area (Å²) in [6.45, 7) is 10.2. The zero-order chi connectivity index (χ0) is 15.5. The Hall–Kier alpha value is -1.62. The van der Waals surface area contributed by atoms with Crippen molar-refractivity contribution in [2.24, 2.45) is 16.6 Å². The van der Waals surface area contributed by atoms with Crippen LogP contribution in [0.5, 0.6) is 0 Å². The van der Waals surface area contributed by atoms with Gasteiger partial charge in [-0.05, 0) is 25.8 Å². The van der Waals surface area contributed by atoms with Gasteiger partial charge in [0, 0.05) is 24.6 Å². The van der Waals surface area contributed by atoms with Gasteiger partial charge < -0.3 is 16.4 Å². The van der Waals surface area contributed by atoms with Gasteiger partial charge >= 0.3 is 0 Å². The standard InChI is InChI=1S/C15H26N4S/c1-6-11(2)7-8-14(9-16)18-10-15(12(3)17-5)19-13(4)20/h6-9,11,17-18H,1,10,16H2,2-5H3,(H,19,20)/b8-7-,14-9+,15-12-. The summed E-state index contributed by atoms with van der Waals surface area (Å²) in [6, 6.07) is 0. The third-order valence-corrected chi connectivity index (χ3v) is 2.80. The highest BCUT2D eigenvalue weighted by molar-refractivity contribution is 7.96. The lowest BCUT2D eigenvalue weighted by Crippen LogP contribution is -2.19. The number of nitrogens with one attached hydrogen (secondary N) is 2. The summed E-state index contributed by atoms with van der Waals surface area (Å²) < 4.78 is 0. The van der Waals surface area contributed by atoms with E-state index in [-0.39, 0.29) is 0 Å². The number of nitrogens with two attached hydrogens (primary N) is 1. The molecule has 0 amide bonds. The van der Waals surface area contributed by atoms with Crippen LogP contribution in [0.4, 0.5) is 0 Å². The van der Waals surface area contributed by atoms with Crippen molar-refractivity contribution in [1.82, 2.24) is 10.6 Å². The third-order valence-electron chi connectivity index (χ3n) is 2.70. The van der Waals surface area contributed by atoms with Gasteiger partial charge in [0.25, 0.3) is 0 Å². The summed E-state index contributed by atoms with van der Waals surface area (Å²) in [6.07, 6.45) is 7.38. The highest BCUT2D eigenvalue weighted by Crippen LogP contribution is 2.06. The van der Waals surface area contributed by atoms with Crippen molar-refractivity contribution in [3.8, 4) is 0 Å². The molecule has 1 atom stereocenters. The molecular weight excluding hydrogens is 268 g/mol. The molecule has 5 heteroatoms. The second-order valence-electron chi connectivity index (χ2n) is 4.41. The number of allylic oxidation sites excluding steroid dienone is 4. The maximum atomic E-state index is 5.61. The average Bonchev–Trinajstić information content (AvgIpc) is 2.44. The molecule has 0 radical (unpaired) electrons. The minimum Gasteiger partial charge on any atom is -0.403 e. The molecule has 1 unspecified atom stereocenters. The van der Waals surface area contributed by atoms with Crippen molar-refractivity contribution in [2.45, 2.75) is 20.8 Å². The Morgan fingerprint density at radius 1 is 1.45 bits per heavy atom. The lowest BCUT2D eigenvalue weighted by atomic mass is 10.1. The van der Waals surface area contributed by atoms with E-state index in [0.717, 1.165) is 17.1 Å². The van der Waals surface area contributed by atoms with Crippen LogP contribution >= 0.6 is 12.6 Å². The number of hydrogen-bond donors (Lipinski definition) is 4. The van der Waals surface area contributed by atoms with Crippen LogP contribution in [0.25, 0.3) is 0 Å². The second-order valence-corrected chi connectivity index (χ2v) is 5.06. The smallest absolute Gasteiger partial charge is 0.0789 e. The first-order chi connectivity index (χ1) is 9.44. The maximum Gasteiger partial charge on any atom is 0.0789 e. The highest BCUT2D eigenvalue weighted by Gasteiger charge is 2.01. The number of nitrogens with zero attached hydrogens (tertiary/aromatic N) is 1. The minimum atomic E-state index is 0.304. The van der Waals surface area contributed by atoms with Crippen molar-refractivity contribution >= 4 is 17.7 Å². The zero-order valence-electron chi connectivity index (χ0n) is 12.8. The molecular formula is C15H26N4S. The van der Waals surface area contributed by atoms with Crippen molar-refractivity contribution in [1.29, 1.82) is 0 Å². The zero-order valence-corrected chi connectivity index (χ0v) is 13.7. The van der Waals surface area contributed by atoms with Gasteiger partial charge in [0.2, 0.25) is 0 Å². The molecule has 0 bridgehead atoms. The molecule has 0 aliphatic rings. The monoisotopic (exact) mass is 294 g/mol. The molecule has 112 valence electrons. The van der Waals surface area contributed by atoms with E-state index < -0.39 is 0 Å². The fourth-order valence-electron chi connectivity index (χ4n) is 1.29. The average molecular weight is 294 g/mol. The molecule has 0 saturated carbocycles. The van der Waals surface area contributed by atoms with Crippen molar-refractivity contribution in [3.05, 3.63) is 48.1 Å². The summed E-state index contributed by atoms with van der Waals surface area (Å²) in [4.78, 5) is 4.39. The molecule has 4 nitrogen and oxygen atoms in total. The lowest BCUT2D eigenvalue weighted by molar-refractivity contribution is 0.836. The van der Waals surface area contributed by atoms with Crippen molar-refractivity contribution in [3.63, 3.8) is 0 Å². The lowest BCUT2D eigenvalue weighted by Gasteiger charge is -2.11. The summed E-state index contributed by atoms with van der Waals surface area (Å²) >= 11 is 4.22. The Morgan fingerprint density at radius 3 is 2.55 bits per heavy atom. The third kappa shape index (κ3) is 7.74. The van der Waals surface area contributed by atoms with E-state index in [1.807, 2.05) is 39.1 Å². The second kappa shape index (κ2) is 10.2. The van der Waals surface area contributed by atoms with Crippen LogP contribution in [0.15, 0.2) is 53.1 Å². The van der Waals surface area contributed by atoms with E-state index in [0.29, 0.717) is 17.5 Å². The molecule has 20 heavy (non-hydrogen) atoms. The molecule has 0 saturated heterocycles. The molecule has 0 fully saturated rings. The Bertz CT molecular complexity index is 429. The Balaban J connectivity index is 4.81. The molecule has 0 heterocycles. The molecule has 0 rings (SSSR count). The van der Waals surface area contributed by atoms with Gasteiger partial charge in [-0.1, -0.05) is 19.1 Å². The van der Waals surface area contributed by atoms with Crippen LogP contribution in [0.2, 0.25) is 0 Å². The van der Waals surface area contributed by atoms with E-state index >= 15 is 0 Å². The predicted octanol–water partition coefficient (Wildman–Crippen LogP) is 2.55. The van der Waals surface area contributed by atoms with Crippen LogP contribution in [-0.2, 0) is 0 Å². The topological polar surface area (TPSA) is 62.4 Å². The minimum absolute atomic E-state index is 0.304. The summed E-state index contributed by atoms with van der Waals surface area (Å²) in [5.41, 5.74) is 8.34. The summed E-state index contributed by atoms with van der Waals surface area (Å²) in [5.74, 6) is 0.304. The molecule has 0 aliphatic heterocycles. The van der Waals surface area contributed by atoms with Gasteiger partial charge in [0.1, 0.15) is 0 Å². The van der Waals surface area contributed by atoms with Crippen LogP contribution in [0.3, 0.4) is 0 Å². The van der Waals surface area contributed by atoms with Crippen molar-refractivity contribution in [2.75, 3.05) is 13.6 Å². The summed E-state index contributed by atoms with van der Waals surface area (Å²) in [7, 11) is 1.87. The molecule has 0 aromatic carbocycles. The number of rotatable bonds is 8. The van der Waals surface area contributed by atoms with Crippen molar-refractivity contribution < 1.29 is 0 Å². The van der Waals surface area contributed by atoms with Gasteiger partial charge in [0.15, 0.2) is 0 Å².